The summed E-state index contributed by atoms with van der Waals surface area (Å²) in [6.45, 7) is 1.93. The number of carbonyl (C=O) groups excluding carboxylic acids is 1. The zero-order valence-electron chi connectivity index (χ0n) is 15.3. The number of ether oxygens (including phenoxy) is 1. The van der Waals surface area contributed by atoms with Crippen LogP contribution in [-0.4, -0.2) is 46.9 Å². The Morgan fingerprint density at radius 1 is 1.08 bits per heavy atom. The molecule has 8 heteroatoms. The van der Waals surface area contributed by atoms with Crippen LogP contribution >= 0.6 is 15.9 Å². The maximum Gasteiger partial charge on any atom is 0.258 e. The van der Waals surface area contributed by atoms with Crippen molar-refractivity contribution in [2.75, 3.05) is 33.2 Å². The number of nitrogens with zero attached hydrogens (tertiary/aromatic N) is 2. The number of carbonyl (C=O) groups is 1. The third-order valence-corrected chi connectivity index (χ3v) is 6.73. The summed E-state index contributed by atoms with van der Waals surface area (Å²) >= 11 is 3.43. The van der Waals surface area contributed by atoms with Crippen LogP contribution in [0.2, 0.25) is 0 Å². The number of anilines is 1. The van der Waals surface area contributed by atoms with Gasteiger partial charge in [0.2, 0.25) is 10.0 Å². The predicted molar refractivity (Wildman–Crippen MR) is 105 cm³/mol. The van der Waals surface area contributed by atoms with E-state index in [9.17, 15) is 13.2 Å². The molecule has 0 fully saturated rings. The van der Waals surface area contributed by atoms with Gasteiger partial charge >= 0.3 is 0 Å². The largest absolute Gasteiger partial charge is 0.495 e. The lowest BCUT2D eigenvalue weighted by Gasteiger charge is -2.20. The van der Waals surface area contributed by atoms with Crippen LogP contribution in [-0.2, 0) is 10.0 Å². The van der Waals surface area contributed by atoms with Crippen LogP contribution < -0.4 is 9.64 Å². The van der Waals surface area contributed by atoms with Crippen LogP contribution in [0, 0.1) is 6.92 Å². The number of hydrogen-bond acceptors (Lipinski definition) is 4. The first kappa shape index (κ1) is 20.4. The number of methoxy groups -OCH3 is 1. The molecule has 0 spiro atoms. The maximum absolute atomic E-state index is 12.9. The second-order valence-corrected chi connectivity index (χ2v) is 8.93. The van der Waals surface area contributed by atoms with Gasteiger partial charge in [0.15, 0.2) is 0 Å². The van der Waals surface area contributed by atoms with Gasteiger partial charge in [-0.25, -0.2) is 12.7 Å². The molecule has 0 heterocycles. The monoisotopic (exact) mass is 440 g/mol. The summed E-state index contributed by atoms with van der Waals surface area (Å²) < 4.78 is 32.2. The van der Waals surface area contributed by atoms with Crippen LogP contribution in [0.15, 0.2) is 45.8 Å². The van der Waals surface area contributed by atoms with E-state index in [1.807, 2.05) is 25.1 Å². The highest BCUT2D eigenvalue weighted by Crippen LogP contribution is 2.28. The summed E-state index contributed by atoms with van der Waals surface area (Å²) in [6.07, 6.45) is 0. The Kier molecular flexibility index (Phi) is 6.10. The van der Waals surface area contributed by atoms with Crippen molar-refractivity contribution in [1.29, 1.82) is 0 Å². The van der Waals surface area contributed by atoms with Crippen molar-refractivity contribution in [3.8, 4) is 5.75 Å². The summed E-state index contributed by atoms with van der Waals surface area (Å²) in [7, 11) is 2.15. The molecule has 0 aliphatic carbocycles. The molecule has 26 heavy (non-hydrogen) atoms. The highest BCUT2D eigenvalue weighted by Gasteiger charge is 2.25. The van der Waals surface area contributed by atoms with Crippen molar-refractivity contribution in [3.05, 3.63) is 52.0 Å². The van der Waals surface area contributed by atoms with Crippen molar-refractivity contribution < 1.29 is 17.9 Å². The number of sulfonamides is 1. The number of rotatable bonds is 5. The molecule has 0 N–H and O–H groups in total. The minimum absolute atomic E-state index is 0.0452. The summed E-state index contributed by atoms with van der Waals surface area (Å²) in [5.41, 5.74) is 1.96. The van der Waals surface area contributed by atoms with E-state index in [1.165, 1.54) is 38.2 Å². The molecule has 2 rings (SSSR count). The van der Waals surface area contributed by atoms with Crippen LogP contribution in [0.3, 0.4) is 0 Å². The molecule has 6 nitrogen and oxygen atoms in total. The van der Waals surface area contributed by atoms with Gasteiger partial charge in [0.1, 0.15) is 10.6 Å². The molecule has 0 aliphatic rings. The number of halogens is 1. The number of benzene rings is 2. The van der Waals surface area contributed by atoms with E-state index in [-0.39, 0.29) is 22.1 Å². The van der Waals surface area contributed by atoms with Gasteiger partial charge in [-0.05, 0) is 48.9 Å². The predicted octanol–water partition coefficient (Wildman–Crippen LogP) is 3.29. The Balaban J connectivity index is 2.48. The van der Waals surface area contributed by atoms with Gasteiger partial charge in [-0.2, -0.15) is 0 Å². The SMILES string of the molecule is COc1ccc(C(=O)N(C)c2ccc(Br)c(C)c2)cc1S(=O)(=O)N(C)C. The Bertz CT molecular complexity index is 942. The fraction of sp³-hybridized carbons (Fsp3) is 0.278. The quantitative estimate of drug-likeness (QED) is 0.715. The van der Waals surface area contributed by atoms with Crippen molar-refractivity contribution in [3.63, 3.8) is 0 Å². The molecule has 2 aromatic rings. The molecule has 0 saturated heterocycles. The molecular weight excluding hydrogens is 420 g/mol. The first-order valence-corrected chi connectivity index (χ1v) is 9.97. The second kappa shape index (κ2) is 7.77. The van der Waals surface area contributed by atoms with Gasteiger partial charge in [-0.3, -0.25) is 4.79 Å². The molecule has 140 valence electrons. The third-order valence-electron chi connectivity index (χ3n) is 4.00. The van der Waals surface area contributed by atoms with Crippen LogP contribution in [0.5, 0.6) is 5.75 Å². The van der Waals surface area contributed by atoms with E-state index >= 15 is 0 Å². The number of aryl methyl sites for hydroxylation is 1. The number of amides is 1. The van der Waals surface area contributed by atoms with Crippen LogP contribution in [0.25, 0.3) is 0 Å². The highest BCUT2D eigenvalue weighted by atomic mass is 79.9. The first-order chi connectivity index (χ1) is 12.1. The Morgan fingerprint density at radius 2 is 1.73 bits per heavy atom. The van der Waals surface area contributed by atoms with E-state index in [4.69, 9.17) is 4.74 Å². The lowest BCUT2D eigenvalue weighted by atomic mass is 10.1. The average Bonchev–Trinajstić information content (AvgIpc) is 2.62. The summed E-state index contributed by atoms with van der Waals surface area (Å²) in [5, 5.41) is 0. The van der Waals surface area contributed by atoms with Crippen LogP contribution in [0.4, 0.5) is 5.69 Å². The Morgan fingerprint density at radius 3 is 2.27 bits per heavy atom. The molecule has 0 atom stereocenters. The van der Waals surface area contributed by atoms with Crippen molar-refractivity contribution in [2.45, 2.75) is 11.8 Å². The average molecular weight is 441 g/mol. The zero-order valence-corrected chi connectivity index (χ0v) is 17.7. The van der Waals surface area contributed by atoms with Crippen LogP contribution in [0.1, 0.15) is 15.9 Å². The van der Waals surface area contributed by atoms with E-state index in [0.717, 1.165) is 14.3 Å². The lowest BCUT2D eigenvalue weighted by molar-refractivity contribution is 0.0992. The summed E-state index contributed by atoms with van der Waals surface area (Å²) in [5.74, 6) is -0.123. The maximum atomic E-state index is 12.9. The number of hydrogen-bond donors (Lipinski definition) is 0. The highest BCUT2D eigenvalue weighted by molar-refractivity contribution is 9.10. The first-order valence-electron chi connectivity index (χ1n) is 7.74. The van der Waals surface area contributed by atoms with E-state index < -0.39 is 10.0 Å². The Labute approximate surface area is 162 Å². The summed E-state index contributed by atoms with van der Waals surface area (Å²) in [4.78, 5) is 14.3. The molecule has 1 amide bonds. The fourth-order valence-corrected chi connectivity index (χ4v) is 3.68. The minimum Gasteiger partial charge on any atom is -0.495 e. The smallest absolute Gasteiger partial charge is 0.258 e. The van der Waals surface area contributed by atoms with Gasteiger partial charge < -0.3 is 9.64 Å². The molecule has 0 aliphatic heterocycles. The standard InChI is InChI=1S/C18H21BrN2O4S/c1-12-10-14(7-8-15(12)19)21(4)18(22)13-6-9-16(25-5)17(11-13)26(23,24)20(2)3/h6-11H,1-5H3. The lowest BCUT2D eigenvalue weighted by Crippen LogP contribution is -2.27. The van der Waals surface area contributed by atoms with Gasteiger partial charge in [0.05, 0.1) is 7.11 Å². The van der Waals surface area contributed by atoms with Gasteiger partial charge in [0, 0.05) is 36.9 Å². The molecule has 0 aromatic heterocycles. The fourth-order valence-electron chi connectivity index (χ4n) is 2.36. The van der Waals surface area contributed by atoms with Gasteiger partial charge in [-0.15, -0.1) is 0 Å². The molecule has 2 aromatic carbocycles. The van der Waals surface area contributed by atoms with Crippen molar-refractivity contribution >= 4 is 37.5 Å². The molecule has 0 saturated carbocycles. The van der Waals surface area contributed by atoms with Crippen molar-refractivity contribution in [1.82, 2.24) is 4.31 Å². The van der Waals surface area contributed by atoms with E-state index in [1.54, 1.807) is 13.1 Å². The summed E-state index contributed by atoms with van der Waals surface area (Å²) in [6, 6.07) is 9.95. The molecule has 0 unspecified atom stereocenters. The molecule has 0 bridgehead atoms. The second-order valence-electron chi connectivity index (χ2n) is 5.95. The minimum atomic E-state index is -3.75. The van der Waals surface area contributed by atoms with Crippen molar-refractivity contribution in [2.24, 2.45) is 0 Å². The topological polar surface area (TPSA) is 66.9 Å². The van der Waals surface area contributed by atoms with Gasteiger partial charge in [0.25, 0.3) is 5.91 Å². The van der Waals surface area contributed by atoms with E-state index in [0.29, 0.717) is 5.69 Å². The van der Waals surface area contributed by atoms with Gasteiger partial charge in [-0.1, -0.05) is 15.9 Å². The molecular formula is C18H21BrN2O4S. The normalized spacial score (nSPS) is 11.5. The molecule has 0 radical (unpaired) electrons. The zero-order chi connectivity index (χ0) is 19.6. The third kappa shape index (κ3) is 3.92. The van der Waals surface area contributed by atoms with E-state index in [2.05, 4.69) is 15.9 Å². The Hall–Kier alpha value is -1.90.